The molecule has 1 atom stereocenters. The van der Waals surface area contributed by atoms with Crippen molar-refractivity contribution in [1.82, 2.24) is 10.6 Å². The van der Waals surface area contributed by atoms with E-state index in [1.165, 1.54) is 11.8 Å². The lowest BCUT2D eigenvalue weighted by Gasteiger charge is -2.35. The molecule has 0 radical (unpaired) electrons. The van der Waals surface area contributed by atoms with Crippen molar-refractivity contribution in [3.05, 3.63) is 65.3 Å². The molecule has 1 aromatic heterocycles. The van der Waals surface area contributed by atoms with Crippen LogP contribution in [0.3, 0.4) is 0 Å². The molecule has 3 heterocycles. The van der Waals surface area contributed by atoms with Gasteiger partial charge in [-0.15, -0.1) is 0 Å². The maximum absolute atomic E-state index is 12.8. The standard InChI is InChI=1S/C21H23N3O4/c1-2-27-20(25)18-15(22-21(26)23-19(18)17-10-6-12-28-17)13-24-11-5-8-14-7-3-4-9-16(14)24/h3-4,6-7,9-10,12,19H,2,5,8,11,13H2,1H3,(H2,22,23,26)/t19-/m0/s1. The predicted molar refractivity (Wildman–Crippen MR) is 104 cm³/mol. The molecule has 0 bridgehead atoms. The summed E-state index contributed by atoms with van der Waals surface area (Å²) in [7, 11) is 0. The number of hydrogen-bond acceptors (Lipinski definition) is 5. The van der Waals surface area contributed by atoms with Crippen LogP contribution in [0.25, 0.3) is 0 Å². The monoisotopic (exact) mass is 381 g/mol. The van der Waals surface area contributed by atoms with Crippen molar-refractivity contribution < 1.29 is 18.7 Å². The Labute approximate surface area is 163 Å². The summed E-state index contributed by atoms with van der Waals surface area (Å²) >= 11 is 0. The van der Waals surface area contributed by atoms with E-state index in [0.29, 0.717) is 23.6 Å². The lowest BCUT2D eigenvalue weighted by atomic mass is 9.98. The maximum atomic E-state index is 12.8. The van der Waals surface area contributed by atoms with Gasteiger partial charge in [-0.05, 0) is 43.5 Å². The van der Waals surface area contributed by atoms with Crippen LogP contribution < -0.4 is 15.5 Å². The summed E-state index contributed by atoms with van der Waals surface area (Å²) in [6, 6.07) is 10.7. The molecule has 7 nitrogen and oxygen atoms in total. The number of furan rings is 1. The highest BCUT2D eigenvalue weighted by atomic mass is 16.5. The van der Waals surface area contributed by atoms with Crippen molar-refractivity contribution in [2.45, 2.75) is 25.8 Å². The van der Waals surface area contributed by atoms with Crippen molar-refractivity contribution in [2.24, 2.45) is 0 Å². The Hall–Kier alpha value is -3.22. The van der Waals surface area contributed by atoms with E-state index in [2.05, 4.69) is 27.7 Å². The molecule has 2 aromatic rings. The number of para-hydroxylation sites is 1. The van der Waals surface area contributed by atoms with Gasteiger partial charge in [0.05, 0.1) is 30.7 Å². The molecule has 2 N–H and O–H groups in total. The second-order valence-electron chi connectivity index (χ2n) is 6.81. The van der Waals surface area contributed by atoms with Crippen LogP contribution in [0.4, 0.5) is 10.5 Å². The van der Waals surface area contributed by atoms with Crippen LogP contribution in [-0.4, -0.2) is 31.7 Å². The molecule has 28 heavy (non-hydrogen) atoms. The number of nitrogens with one attached hydrogen (secondary N) is 2. The van der Waals surface area contributed by atoms with E-state index < -0.39 is 12.0 Å². The minimum absolute atomic E-state index is 0.251. The van der Waals surface area contributed by atoms with Gasteiger partial charge in [0.2, 0.25) is 0 Å². The highest BCUT2D eigenvalue weighted by Crippen LogP contribution is 2.31. The van der Waals surface area contributed by atoms with E-state index in [0.717, 1.165) is 25.1 Å². The van der Waals surface area contributed by atoms with Gasteiger partial charge in [-0.3, -0.25) is 0 Å². The number of amides is 2. The van der Waals surface area contributed by atoms with Gasteiger partial charge in [-0.2, -0.15) is 0 Å². The summed E-state index contributed by atoms with van der Waals surface area (Å²) < 4.78 is 10.8. The van der Waals surface area contributed by atoms with Crippen LogP contribution in [-0.2, 0) is 16.0 Å². The summed E-state index contributed by atoms with van der Waals surface area (Å²) in [6.45, 7) is 3.28. The molecule has 146 valence electrons. The molecule has 2 aliphatic rings. The zero-order chi connectivity index (χ0) is 19.5. The number of carbonyl (C=O) groups is 2. The fourth-order valence-corrected chi connectivity index (χ4v) is 3.83. The van der Waals surface area contributed by atoms with E-state index in [9.17, 15) is 9.59 Å². The third-order valence-electron chi connectivity index (χ3n) is 5.03. The summed E-state index contributed by atoms with van der Waals surface area (Å²) in [5.74, 6) is 0.0335. The highest BCUT2D eigenvalue weighted by Gasteiger charge is 2.36. The molecule has 0 spiro atoms. The predicted octanol–water partition coefficient (Wildman–Crippen LogP) is 2.90. The Morgan fingerprint density at radius 3 is 2.93 bits per heavy atom. The fourth-order valence-electron chi connectivity index (χ4n) is 3.83. The molecule has 7 heteroatoms. The number of urea groups is 1. The normalized spacial score (nSPS) is 19.0. The van der Waals surface area contributed by atoms with Crippen molar-refractivity contribution in [1.29, 1.82) is 0 Å². The van der Waals surface area contributed by atoms with Crippen LogP contribution in [0, 0.1) is 0 Å². The Kier molecular flexibility index (Phi) is 5.06. The number of anilines is 1. The van der Waals surface area contributed by atoms with Crippen molar-refractivity contribution in [2.75, 3.05) is 24.6 Å². The third-order valence-corrected chi connectivity index (χ3v) is 5.03. The number of esters is 1. The zero-order valence-electron chi connectivity index (χ0n) is 15.7. The Balaban J connectivity index is 1.73. The van der Waals surface area contributed by atoms with Crippen LogP contribution in [0.5, 0.6) is 0 Å². The number of ether oxygens (including phenoxy) is 1. The SMILES string of the molecule is CCOC(=O)C1=C(CN2CCCc3ccccc32)NC(=O)N[C@H]1c1ccco1. The second-order valence-corrected chi connectivity index (χ2v) is 6.81. The van der Waals surface area contributed by atoms with Crippen molar-refractivity contribution >= 4 is 17.7 Å². The molecule has 0 fully saturated rings. The van der Waals surface area contributed by atoms with Crippen molar-refractivity contribution in [3.63, 3.8) is 0 Å². The average Bonchev–Trinajstić information content (AvgIpc) is 3.23. The van der Waals surface area contributed by atoms with Gasteiger partial charge < -0.3 is 24.7 Å². The Bertz CT molecular complexity index is 904. The number of aryl methyl sites for hydroxylation is 1. The van der Waals surface area contributed by atoms with E-state index >= 15 is 0 Å². The van der Waals surface area contributed by atoms with Gasteiger partial charge in [-0.1, -0.05) is 18.2 Å². The van der Waals surface area contributed by atoms with Gasteiger partial charge in [0.25, 0.3) is 0 Å². The lowest BCUT2D eigenvalue weighted by Crippen LogP contribution is -2.49. The number of nitrogens with zero attached hydrogens (tertiary/aromatic N) is 1. The zero-order valence-corrected chi connectivity index (χ0v) is 15.7. The van der Waals surface area contributed by atoms with Crippen LogP contribution in [0.1, 0.15) is 30.7 Å². The summed E-state index contributed by atoms with van der Waals surface area (Å²) in [6.07, 6.45) is 3.57. The number of hydrogen-bond donors (Lipinski definition) is 2. The average molecular weight is 381 g/mol. The molecule has 4 rings (SSSR count). The Morgan fingerprint density at radius 1 is 1.29 bits per heavy atom. The van der Waals surface area contributed by atoms with Gasteiger partial charge in [0.1, 0.15) is 11.8 Å². The molecular formula is C21H23N3O4. The topological polar surface area (TPSA) is 83.8 Å². The van der Waals surface area contributed by atoms with E-state index in [4.69, 9.17) is 9.15 Å². The number of fused-ring (bicyclic) bond motifs is 1. The van der Waals surface area contributed by atoms with Crippen molar-refractivity contribution in [3.8, 4) is 0 Å². The third kappa shape index (κ3) is 3.47. The van der Waals surface area contributed by atoms with Crippen LogP contribution >= 0.6 is 0 Å². The fraction of sp³-hybridized carbons (Fsp3) is 0.333. The van der Waals surface area contributed by atoms with Gasteiger partial charge in [0.15, 0.2) is 0 Å². The Morgan fingerprint density at radius 2 is 2.14 bits per heavy atom. The molecular weight excluding hydrogens is 358 g/mol. The van der Waals surface area contributed by atoms with Crippen LogP contribution in [0.15, 0.2) is 58.3 Å². The first-order chi connectivity index (χ1) is 13.7. The minimum atomic E-state index is -0.683. The first-order valence-electron chi connectivity index (χ1n) is 9.51. The van der Waals surface area contributed by atoms with Crippen LogP contribution in [0.2, 0.25) is 0 Å². The largest absolute Gasteiger partial charge is 0.467 e. The molecule has 0 unspecified atom stereocenters. The minimum Gasteiger partial charge on any atom is -0.467 e. The van der Waals surface area contributed by atoms with E-state index in [-0.39, 0.29) is 12.6 Å². The number of rotatable bonds is 5. The molecule has 0 saturated heterocycles. The molecule has 2 aliphatic heterocycles. The maximum Gasteiger partial charge on any atom is 0.338 e. The number of benzene rings is 1. The summed E-state index contributed by atoms with van der Waals surface area (Å²) in [5.41, 5.74) is 3.32. The summed E-state index contributed by atoms with van der Waals surface area (Å²) in [5, 5.41) is 5.59. The molecule has 0 aliphatic carbocycles. The smallest absolute Gasteiger partial charge is 0.338 e. The molecule has 2 amide bonds. The lowest BCUT2D eigenvalue weighted by molar-refractivity contribution is -0.139. The molecule has 0 saturated carbocycles. The van der Waals surface area contributed by atoms with Gasteiger partial charge in [0, 0.05) is 12.2 Å². The van der Waals surface area contributed by atoms with Gasteiger partial charge >= 0.3 is 12.0 Å². The van der Waals surface area contributed by atoms with E-state index in [1.807, 2.05) is 12.1 Å². The number of carbonyl (C=O) groups excluding carboxylic acids is 2. The first-order valence-corrected chi connectivity index (χ1v) is 9.51. The quantitative estimate of drug-likeness (QED) is 0.778. The van der Waals surface area contributed by atoms with Gasteiger partial charge in [-0.25, -0.2) is 9.59 Å². The van der Waals surface area contributed by atoms with E-state index in [1.54, 1.807) is 19.1 Å². The highest BCUT2D eigenvalue weighted by molar-refractivity contribution is 5.95. The second kappa shape index (κ2) is 7.80. The first kappa shape index (κ1) is 18.2. The summed E-state index contributed by atoms with van der Waals surface area (Å²) in [4.78, 5) is 27.3. The molecule has 1 aromatic carbocycles.